The van der Waals surface area contributed by atoms with Crippen molar-refractivity contribution in [2.75, 3.05) is 23.3 Å². The van der Waals surface area contributed by atoms with E-state index in [1.54, 1.807) is 23.5 Å². The van der Waals surface area contributed by atoms with Crippen LogP contribution in [0.1, 0.15) is 29.6 Å². The van der Waals surface area contributed by atoms with E-state index in [2.05, 4.69) is 15.6 Å². The monoisotopic (exact) mass is 381 g/mol. The van der Waals surface area contributed by atoms with Crippen molar-refractivity contribution in [2.45, 2.75) is 19.3 Å². The Hall–Kier alpha value is -2.73. The number of nitrogens with zero attached hydrogens (tertiary/aromatic N) is 2. The maximum absolute atomic E-state index is 13.7. The van der Waals surface area contributed by atoms with Gasteiger partial charge in [0, 0.05) is 29.7 Å². The van der Waals surface area contributed by atoms with Gasteiger partial charge in [-0.3, -0.25) is 4.79 Å². The van der Waals surface area contributed by atoms with Gasteiger partial charge in [0.05, 0.1) is 11.3 Å². The number of amides is 1. The van der Waals surface area contributed by atoms with Crippen LogP contribution < -0.4 is 10.2 Å². The quantitative estimate of drug-likeness (QED) is 0.676. The van der Waals surface area contributed by atoms with Gasteiger partial charge >= 0.3 is 0 Å². The summed E-state index contributed by atoms with van der Waals surface area (Å²) in [6, 6.07) is 13.4. The lowest BCUT2D eigenvalue weighted by Gasteiger charge is -2.25. The standard InChI is InChI=1S/C21H20FN3OS/c22-18-7-3-2-6-17(18)20(26)23-16-10-8-15(9-11-16)19-14-27-21(24-19)25-12-4-1-5-13-25/h2-3,6-11,14H,1,4-5,12-13H2,(H,23,26). The molecule has 2 heterocycles. The summed E-state index contributed by atoms with van der Waals surface area (Å²) >= 11 is 1.67. The van der Waals surface area contributed by atoms with Crippen LogP contribution in [0.2, 0.25) is 0 Å². The first-order chi connectivity index (χ1) is 13.2. The van der Waals surface area contributed by atoms with Crippen LogP contribution in [0.15, 0.2) is 53.9 Å². The van der Waals surface area contributed by atoms with Crippen LogP contribution in [0.3, 0.4) is 0 Å². The topological polar surface area (TPSA) is 45.2 Å². The number of hydrogen-bond donors (Lipinski definition) is 1. The van der Waals surface area contributed by atoms with Crippen LogP contribution in [-0.2, 0) is 0 Å². The molecule has 0 spiro atoms. The molecule has 2 aromatic carbocycles. The Morgan fingerprint density at radius 1 is 1.04 bits per heavy atom. The fourth-order valence-electron chi connectivity index (χ4n) is 3.20. The molecular weight excluding hydrogens is 361 g/mol. The third kappa shape index (κ3) is 4.01. The Morgan fingerprint density at radius 2 is 1.78 bits per heavy atom. The molecule has 4 rings (SSSR count). The second-order valence-corrected chi connectivity index (χ2v) is 7.41. The van der Waals surface area contributed by atoms with E-state index in [9.17, 15) is 9.18 Å². The van der Waals surface area contributed by atoms with E-state index in [0.29, 0.717) is 5.69 Å². The summed E-state index contributed by atoms with van der Waals surface area (Å²) in [6.07, 6.45) is 3.76. The second-order valence-electron chi connectivity index (χ2n) is 6.57. The molecule has 0 saturated carbocycles. The van der Waals surface area contributed by atoms with Gasteiger partial charge < -0.3 is 10.2 Å². The van der Waals surface area contributed by atoms with E-state index < -0.39 is 11.7 Å². The summed E-state index contributed by atoms with van der Waals surface area (Å²) in [6.45, 7) is 2.15. The molecule has 3 aromatic rings. The van der Waals surface area contributed by atoms with E-state index in [-0.39, 0.29) is 5.56 Å². The summed E-state index contributed by atoms with van der Waals surface area (Å²) in [5, 5.41) is 5.87. The molecular formula is C21H20FN3OS. The summed E-state index contributed by atoms with van der Waals surface area (Å²) in [7, 11) is 0. The van der Waals surface area contributed by atoms with Crippen LogP contribution >= 0.6 is 11.3 Å². The minimum Gasteiger partial charge on any atom is -0.348 e. The van der Waals surface area contributed by atoms with Crippen LogP contribution in [0.4, 0.5) is 15.2 Å². The zero-order valence-corrected chi connectivity index (χ0v) is 15.6. The van der Waals surface area contributed by atoms with Gasteiger partial charge in [0.25, 0.3) is 5.91 Å². The van der Waals surface area contributed by atoms with Crippen LogP contribution in [0, 0.1) is 5.82 Å². The predicted octanol–water partition coefficient (Wildman–Crippen LogP) is 5.19. The number of hydrogen-bond acceptors (Lipinski definition) is 4. The van der Waals surface area contributed by atoms with Crippen molar-refractivity contribution in [3.05, 3.63) is 65.3 Å². The van der Waals surface area contributed by atoms with Crippen molar-refractivity contribution in [1.29, 1.82) is 0 Å². The molecule has 0 aliphatic carbocycles. The summed E-state index contributed by atoms with van der Waals surface area (Å²) < 4.78 is 13.7. The molecule has 27 heavy (non-hydrogen) atoms. The minimum atomic E-state index is -0.528. The molecule has 1 amide bonds. The van der Waals surface area contributed by atoms with Crippen molar-refractivity contribution in [3.8, 4) is 11.3 Å². The summed E-state index contributed by atoms with van der Waals surface area (Å²) in [5.41, 5.74) is 2.59. The minimum absolute atomic E-state index is 0.0345. The molecule has 0 atom stereocenters. The van der Waals surface area contributed by atoms with Gasteiger partial charge in [-0.1, -0.05) is 24.3 Å². The fraction of sp³-hybridized carbons (Fsp3) is 0.238. The summed E-state index contributed by atoms with van der Waals surface area (Å²) in [4.78, 5) is 19.3. The Morgan fingerprint density at radius 3 is 2.52 bits per heavy atom. The first-order valence-corrected chi connectivity index (χ1v) is 9.95. The first kappa shape index (κ1) is 17.7. The van der Waals surface area contributed by atoms with Gasteiger partial charge in [-0.2, -0.15) is 0 Å². The lowest BCUT2D eigenvalue weighted by atomic mass is 10.1. The highest BCUT2D eigenvalue weighted by atomic mass is 32.1. The van der Waals surface area contributed by atoms with Crippen molar-refractivity contribution < 1.29 is 9.18 Å². The molecule has 1 fully saturated rings. The Balaban J connectivity index is 1.45. The lowest BCUT2D eigenvalue weighted by molar-refractivity contribution is 0.102. The number of thiazole rings is 1. The van der Waals surface area contributed by atoms with E-state index in [0.717, 1.165) is 29.5 Å². The Bertz CT molecular complexity index is 933. The van der Waals surface area contributed by atoms with Gasteiger partial charge in [0.1, 0.15) is 5.82 Å². The average molecular weight is 381 g/mol. The van der Waals surface area contributed by atoms with Crippen molar-refractivity contribution in [2.24, 2.45) is 0 Å². The SMILES string of the molecule is O=C(Nc1ccc(-c2csc(N3CCCCC3)n2)cc1)c1ccccc1F. The largest absolute Gasteiger partial charge is 0.348 e. The van der Waals surface area contributed by atoms with Gasteiger partial charge in [0.2, 0.25) is 0 Å². The van der Waals surface area contributed by atoms with Crippen LogP contribution in [-0.4, -0.2) is 24.0 Å². The number of carbonyl (C=O) groups is 1. The molecule has 1 saturated heterocycles. The number of rotatable bonds is 4. The van der Waals surface area contributed by atoms with Crippen molar-refractivity contribution in [3.63, 3.8) is 0 Å². The van der Waals surface area contributed by atoms with Gasteiger partial charge in [-0.15, -0.1) is 11.3 Å². The third-order valence-electron chi connectivity index (χ3n) is 4.68. The maximum atomic E-state index is 13.7. The van der Waals surface area contributed by atoms with E-state index in [1.165, 1.54) is 31.4 Å². The molecule has 138 valence electrons. The van der Waals surface area contributed by atoms with E-state index in [4.69, 9.17) is 4.98 Å². The molecule has 1 aliphatic heterocycles. The normalized spacial score (nSPS) is 14.2. The maximum Gasteiger partial charge on any atom is 0.258 e. The molecule has 0 radical (unpaired) electrons. The Kier molecular flexibility index (Phi) is 5.16. The Labute approximate surface area is 161 Å². The number of anilines is 2. The molecule has 0 bridgehead atoms. The van der Waals surface area contributed by atoms with E-state index >= 15 is 0 Å². The highest BCUT2D eigenvalue weighted by molar-refractivity contribution is 7.14. The number of aromatic nitrogens is 1. The highest BCUT2D eigenvalue weighted by Crippen LogP contribution is 2.29. The number of carbonyl (C=O) groups excluding carboxylic acids is 1. The van der Waals surface area contributed by atoms with E-state index in [1.807, 2.05) is 24.3 Å². The highest BCUT2D eigenvalue weighted by Gasteiger charge is 2.15. The smallest absolute Gasteiger partial charge is 0.258 e. The molecule has 0 unspecified atom stereocenters. The molecule has 4 nitrogen and oxygen atoms in total. The second kappa shape index (κ2) is 7.88. The van der Waals surface area contributed by atoms with Gasteiger partial charge in [-0.05, 0) is 43.5 Å². The number of nitrogens with one attached hydrogen (secondary N) is 1. The first-order valence-electron chi connectivity index (χ1n) is 9.07. The zero-order chi connectivity index (χ0) is 18.6. The fourth-order valence-corrected chi connectivity index (χ4v) is 4.08. The number of halogens is 1. The van der Waals surface area contributed by atoms with Crippen LogP contribution in [0.25, 0.3) is 11.3 Å². The number of piperidine rings is 1. The van der Waals surface area contributed by atoms with Gasteiger partial charge in [-0.25, -0.2) is 9.37 Å². The molecule has 1 N–H and O–H groups in total. The molecule has 6 heteroatoms. The molecule has 1 aromatic heterocycles. The molecule has 1 aliphatic rings. The van der Waals surface area contributed by atoms with Crippen LogP contribution in [0.5, 0.6) is 0 Å². The van der Waals surface area contributed by atoms with Crippen molar-refractivity contribution >= 4 is 28.1 Å². The summed E-state index contributed by atoms with van der Waals surface area (Å²) in [5.74, 6) is -0.985. The third-order valence-corrected chi connectivity index (χ3v) is 5.58. The zero-order valence-electron chi connectivity index (χ0n) is 14.8. The average Bonchev–Trinajstić information content (AvgIpc) is 3.20. The van der Waals surface area contributed by atoms with Gasteiger partial charge in [0.15, 0.2) is 5.13 Å². The van der Waals surface area contributed by atoms with Crippen molar-refractivity contribution in [1.82, 2.24) is 4.98 Å². The lowest BCUT2D eigenvalue weighted by Crippen LogP contribution is -2.29. The number of benzene rings is 2. The predicted molar refractivity (Wildman–Crippen MR) is 108 cm³/mol.